The predicted molar refractivity (Wildman–Crippen MR) is 83.7 cm³/mol. The number of nitrogens with one attached hydrogen (secondary N) is 1. The molecule has 19 heavy (non-hydrogen) atoms. The number of benzene rings is 1. The second-order valence-electron chi connectivity index (χ2n) is 6.46. The number of rotatable bonds is 5. The van der Waals surface area contributed by atoms with Crippen LogP contribution in [0.5, 0.6) is 0 Å². The van der Waals surface area contributed by atoms with Gasteiger partial charge in [-0.05, 0) is 55.2 Å². The quantitative estimate of drug-likeness (QED) is 0.819. The molecule has 1 aromatic rings. The van der Waals surface area contributed by atoms with Crippen LogP contribution in [-0.2, 0) is 6.42 Å². The zero-order chi connectivity index (χ0) is 13.7. The van der Waals surface area contributed by atoms with Gasteiger partial charge in [0.1, 0.15) is 0 Å². The van der Waals surface area contributed by atoms with Gasteiger partial charge < -0.3 is 5.32 Å². The fraction of sp³-hybridized carbons (Fsp3) is 0.667. The van der Waals surface area contributed by atoms with Gasteiger partial charge in [-0.3, -0.25) is 0 Å². The average molecular weight is 259 g/mol. The van der Waals surface area contributed by atoms with E-state index in [9.17, 15) is 0 Å². The molecule has 0 aliphatic heterocycles. The highest BCUT2D eigenvalue weighted by molar-refractivity contribution is 5.27. The zero-order valence-electron chi connectivity index (χ0n) is 12.8. The van der Waals surface area contributed by atoms with Crippen LogP contribution >= 0.6 is 0 Å². The molecular weight excluding hydrogens is 230 g/mol. The Kier molecular flexibility index (Phi) is 5.45. The Labute approximate surface area is 118 Å². The Morgan fingerprint density at radius 2 is 2.11 bits per heavy atom. The second-order valence-corrected chi connectivity index (χ2v) is 6.46. The summed E-state index contributed by atoms with van der Waals surface area (Å²) in [6, 6.07) is 10.1. The first-order valence-corrected chi connectivity index (χ1v) is 8.01. The molecule has 2 atom stereocenters. The van der Waals surface area contributed by atoms with Gasteiger partial charge in [-0.2, -0.15) is 0 Å². The lowest BCUT2D eigenvalue weighted by molar-refractivity contribution is 0.344. The fourth-order valence-corrected chi connectivity index (χ4v) is 3.41. The lowest BCUT2D eigenvalue weighted by Gasteiger charge is -2.30. The summed E-state index contributed by atoms with van der Waals surface area (Å²) < 4.78 is 0. The molecule has 1 fully saturated rings. The smallest absolute Gasteiger partial charge is 0.00727 e. The summed E-state index contributed by atoms with van der Waals surface area (Å²) in [6.45, 7) is 7.92. The van der Waals surface area contributed by atoms with Gasteiger partial charge in [0.25, 0.3) is 0 Å². The minimum atomic E-state index is 0.734. The monoisotopic (exact) mass is 259 g/mol. The van der Waals surface area contributed by atoms with Crippen LogP contribution in [0.1, 0.15) is 63.5 Å². The molecule has 0 amide bonds. The van der Waals surface area contributed by atoms with E-state index >= 15 is 0 Å². The molecule has 1 saturated carbocycles. The van der Waals surface area contributed by atoms with Crippen LogP contribution in [0.25, 0.3) is 0 Å². The van der Waals surface area contributed by atoms with Gasteiger partial charge in [0, 0.05) is 6.04 Å². The maximum absolute atomic E-state index is 3.63. The molecule has 2 unspecified atom stereocenters. The van der Waals surface area contributed by atoms with Gasteiger partial charge in [-0.25, -0.2) is 0 Å². The molecule has 106 valence electrons. The fourth-order valence-electron chi connectivity index (χ4n) is 3.41. The first kappa shape index (κ1) is 14.6. The lowest BCUT2D eigenvalue weighted by atomic mass is 9.80. The number of hydrogen-bond donors (Lipinski definition) is 1. The van der Waals surface area contributed by atoms with Crippen LogP contribution in [0, 0.1) is 5.92 Å². The van der Waals surface area contributed by atoms with Crippen LogP contribution in [0.4, 0.5) is 0 Å². The standard InChI is InChI=1S/C18H29N/c1-4-19-18-10-6-9-17(13-18)16-8-5-7-15(12-16)11-14(2)3/h5,7-8,12,14,17-19H,4,6,9-11,13H2,1-3H3. The van der Waals surface area contributed by atoms with Crippen molar-refractivity contribution in [2.24, 2.45) is 5.92 Å². The summed E-state index contributed by atoms with van der Waals surface area (Å²) in [4.78, 5) is 0. The van der Waals surface area contributed by atoms with E-state index in [1.807, 2.05) is 0 Å². The normalized spacial score (nSPS) is 23.8. The van der Waals surface area contributed by atoms with E-state index in [-0.39, 0.29) is 0 Å². The molecule has 2 rings (SSSR count). The molecule has 1 N–H and O–H groups in total. The topological polar surface area (TPSA) is 12.0 Å². The Bertz CT molecular complexity index is 381. The van der Waals surface area contributed by atoms with Crippen LogP contribution in [0.3, 0.4) is 0 Å². The summed E-state index contributed by atoms with van der Waals surface area (Å²) in [5.74, 6) is 1.51. The van der Waals surface area contributed by atoms with Gasteiger partial charge in [0.05, 0.1) is 0 Å². The third-order valence-electron chi connectivity index (χ3n) is 4.23. The summed E-state index contributed by atoms with van der Waals surface area (Å²) in [5, 5.41) is 3.63. The van der Waals surface area contributed by atoms with Crippen molar-refractivity contribution in [1.29, 1.82) is 0 Å². The van der Waals surface area contributed by atoms with Crippen LogP contribution in [0.2, 0.25) is 0 Å². The van der Waals surface area contributed by atoms with Crippen LogP contribution in [-0.4, -0.2) is 12.6 Å². The Morgan fingerprint density at radius 3 is 2.84 bits per heavy atom. The first-order chi connectivity index (χ1) is 9.19. The summed E-state index contributed by atoms with van der Waals surface area (Å²) in [5.41, 5.74) is 3.08. The van der Waals surface area contributed by atoms with Crippen molar-refractivity contribution in [3.8, 4) is 0 Å². The summed E-state index contributed by atoms with van der Waals surface area (Å²) in [7, 11) is 0. The first-order valence-electron chi connectivity index (χ1n) is 8.01. The second kappa shape index (κ2) is 7.09. The molecule has 1 aliphatic rings. The van der Waals surface area contributed by atoms with Gasteiger partial charge in [-0.1, -0.05) is 51.5 Å². The summed E-state index contributed by atoms with van der Waals surface area (Å²) >= 11 is 0. The van der Waals surface area contributed by atoms with Crippen LogP contribution in [0.15, 0.2) is 24.3 Å². The molecule has 0 saturated heterocycles. The lowest BCUT2D eigenvalue weighted by Crippen LogP contribution is -2.33. The molecule has 0 aromatic heterocycles. The van der Waals surface area contributed by atoms with Gasteiger partial charge in [0.2, 0.25) is 0 Å². The van der Waals surface area contributed by atoms with Gasteiger partial charge in [0.15, 0.2) is 0 Å². The highest BCUT2D eigenvalue weighted by Gasteiger charge is 2.22. The van der Waals surface area contributed by atoms with E-state index in [1.54, 1.807) is 5.56 Å². The molecule has 1 aliphatic carbocycles. The van der Waals surface area contributed by atoms with Crippen molar-refractivity contribution < 1.29 is 0 Å². The SMILES string of the molecule is CCNC1CCCC(c2cccc(CC(C)C)c2)C1. The molecular formula is C18H29N. The van der Waals surface area contributed by atoms with Crippen molar-refractivity contribution >= 4 is 0 Å². The molecule has 0 heterocycles. The molecule has 0 spiro atoms. The molecule has 0 radical (unpaired) electrons. The van der Waals surface area contributed by atoms with Crippen molar-refractivity contribution in [3.05, 3.63) is 35.4 Å². The maximum Gasteiger partial charge on any atom is 0.00727 e. The van der Waals surface area contributed by atoms with E-state index in [2.05, 4.69) is 50.4 Å². The maximum atomic E-state index is 3.63. The number of hydrogen-bond acceptors (Lipinski definition) is 1. The summed E-state index contributed by atoms with van der Waals surface area (Å²) in [6.07, 6.45) is 6.62. The predicted octanol–water partition coefficient (Wildman–Crippen LogP) is 4.52. The minimum absolute atomic E-state index is 0.734. The van der Waals surface area contributed by atoms with E-state index in [1.165, 1.54) is 37.7 Å². The third-order valence-corrected chi connectivity index (χ3v) is 4.23. The minimum Gasteiger partial charge on any atom is -0.314 e. The van der Waals surface area contributed by atoms with Crippen LogP contribution < -0.4 is 5.32 Å². The van der Waals surface area contributed by atoms with Gasteiger partial charge >= 0.3 is 0 Å². The van der Waals surface area contributed by atoms with E-state index in [4.69, 9.17) is 0 Å². The van der Waals surface area contributed by atoms with Crippen molar-refractivity contribution in [1.82, 2.24) is 5.32 Å². The Balaban J connectivity index is 2.04. The molecule has 1 aromatic carbocycles. The highest BCUT2D eigenvalue weighted by atomic mass is 14.9. The van der Waals surface area contributed by atoms with Gasteiger partial charge in [-0.15, -0.1) is 0 Å². The van der Waals surface area contributed by atoms with E-state index in [0.717, 1.165) is 24.4 Å². The zero-order valence-corrected chi connectivity index (χ0v) is 12.8. The molecule has 1 heteroatoms. The van der Waals surface area contributed by atoms with Crippen molar-refractivity contribution in [3.63, 3.8) is 0 Å². The third kappa shape index (κ3) is 4.35. The van der Waals surface area contributed by atoms with E-state index < -0.39 is 0 Å². The molecule has 1 nitrogen and oxygen atoms in total. The Morgan fingerprint density at radius 1 is 1.26 bits per heavy atom. The molecule has 0 bridgehead atoms. The largest absolute Gasteiger partial charge is 0.314 e. The van der Waals surface area contributed by atoms with Crippen molar-refractivity contribution in [2.75, 3.05) is 6.54 Å². The Hall–Kier alpha value is -0.820. The average Bonchev–Trinajstić information content (AvgIpc) is 2.39. The highest BCUT2D eigenvalue weighted by Crippen LogP contribution is 2.33. The van der Waals surface area contributed by atoms with Crippen molar-refractivity contribution in [2.45, 2.75) is 64.8 Å². The van der Waals surface area contributed by atoms with E-state index in [0.29, 0.717) is 0 Å².